The zero-order valence-corrected chi connectivity index (χ0v) is 13.4. The van der Waals surface area contributed by atoms with Gasteiger partial charge in [-0.3, -0.25) is 4.79 Å². The standard InChI is InChI=1S/C16H26N4O2/c1-3-11(4-2)9-14-19-15(13(10-17)16(21)20-14)18-12-5-7-22-8-6-12/h10-12,17H,3-9H2,1-2H3,(H2,18,19,20,21). The van der Waals surface area contributed by atoms with E-state index in [1.54, 1.807) is 0 Å². The van der Waals surface area contributed by atoms with Crippen molar-refractivity contribution in [3.8, 4) is 0 Å². The SMILES string of the molecule is CCC(CC)Cc1nc(NC2CCOCC2)c(C=N)c(=O)[nH]1. The maximum absolute atomic E-state index is 12.2. The summed E-state index contributed by atoms with van der Waals surface area (Å²) in [6.07, 6.45) is 5.77. The van der Waals surface area contributed by atoms with Crippen LogP contribution in [-0.4, -0.2) is 35.4 Å². The van der Waals surface area contributed by atoms with E-state index in [-0.39, 0.29) is 11.6 Å². The summed E-state index contributed by atoms with van der Waals surface area (Å²) in [5, 5.41) is 10.8. The molecule has 0 aliphatic carbocycles. The molecule has 2 rings (SSSR count). The Morgan fingerprint density at radius 1 is 1.41 bits per heavy atom. The van der Waals surface area contributed by atoms with E-state index in [1.807, 2.05) is 0 Å². The number of aromatic nitrogens is 2. The largest absolute Gasteiger partial charge is 0.381 e. The molecule has 1 saturated heterocycles. The molecule has 0 amide bonds. The molecule has 1 aromatic heterocycles. The molecule has 0 bridgehead atoms. The lowest BCUT2D eigenvalue weighted by molar-refractivity contribution is 0.0904. The normalized spacial score (nSPS) is 16.0. The fourth-order valence-corrected chi connectivity index (χ4v) is 2.76. The Morgan fingerprint density at radius 3 is 2.68 bits per heavy atom. The van der Waals surface area contributed by atoms with Crippen LogP contribution < -0.4 is 10.9 Å². The molecule has 3 N–H and O–H groups in total. The van der Waals surface area contributed by atoms with E-state index in [0.29, 0.717) is 23.1 Å². The Morgan fingerprint density at radius 2 is 2.09 bits per heavy atom. The van der Waals surface area contributed by atoms with Crippen LogP contribution in [0.15, 0.2) is 4.79 Å². The van der Waals surface area contributed by atoms with Crippen LogP contribution in [0.5, 0.6) is 0 Å². The van der Waals surface area contributed by atoms with Crippen molar-refractivity contribution in [2.45, 2.75) is 52.0 Å². The first-order valence-electron chi connectivity index (χ1n) is 8.15. The summed E-state index contributed by atoms with van der Waals surface area (Å²) >= 11 is 0. The Kier molecular flexibility index (Phi) is 6.12. The second-order valence-corrected chi connectivity index (χ2v) is 5.84. The Hall–Kier alpha value is -1.69. The Labute approximate surface area is 131 Å². The summed E-state index contributed by atoms with van der Waals surface area (Å²) in [6.45, 7) is 5.75. The van der Waals surface area contributed by atoms with Crippen molar-refractivity contribution in [3.05, 3.63) is 21.7 Å². The molecule has 1 aliphatic heterocycles. The maximum atomic E-state index is 12.2. The summed E-state index contributed by atoms with van der Waals surface area (Å²) in [5.74, 6) is 1.76. The van der Waals surface area contributed by atoms with Crippen LogP contribution in [0, 0.1) is 11.3 Å². The van der Waals surface area contributed by atoms with E-state index < -0.39 is 0 Å². The maximum Gasteiger partial charge on any atom is 0.261 e. The number of rotatable bonds is 7. The molecule has 0 radical (unpaired) electrons. The lowest BCUT2D eigenvalue weighted by Gasteiger charge is -2.24. The van der Waals surface area contributed by atoms with Crippen LogP contribution >= 0.6 is 0 Å². The molecule has 0 saturated carbocycles. The highest BCUT2D eigenvalue weighted by Crippen LogP contribution is 2.17. The Bertz CT molecular complexity index is 546. The minimum atomic E-state index is -0.236. The van der Waals surface area contributed by atoms with Crippen molar-refractivity contribution in [2.75, 3.05) is 18.5 Å². The summed E-state index contributed by atoms with van der Waals surface area (Å²) in [6, 6.07) is 0.253. The van der Waals surface area contributed by atoms with E-state index in [1.165, 1.54) is 0 Å². The van der Waals surface area contributed by atoms with Crippen LogP contribution in [0.4, 0.5) is 5.82 Å². The molecular weight excluding hydrogens is 280 g/mol. The fraction of sp³-hybridized carbons (Fsp3) is 0.688. The highest BCUT2D eigenvalue weighted by Gasteiger charge is 2.18. The van der Waals surface area contributed by atoms with Gasteiger partial charge in [-0.15, -0.1) is 0 Å². The van der Waals surface area contributed by atoms with Crippen molar-refractivity contribution in [3.63, 3.8) is 0 Å². The van der Waals surface area contributed by atoms with Crippen LogP contribution in [0.2, 0.25) is 0 Å². The van der Waals surface area contributed by atoms with E-state index >= 15 is 0 Å². The highest BCUT2D eigenvalue weighted by molar-refractivity contribution is 5.83. The van der Waals surface area contributed by atoms with E-state index in [2.05, 4.69) is 29.1 Å². The lowest BCUT2D eigenvalue weighted by atomic mass is 9.99. The smallest absolute Gasteiger partial charge is 0.261 e. The van der Waals surface area contributed by atoms with Gasteiger partial charge in [0.2, 0.25) is 0 Å². The molecule has 0 spiro atoms. The lowest BCUT2D eigenvalue weighted by Crippen LogP contribution is -2.31. The number of anilines is 1. The van der Waals surface area contributed by atoms with Gasteiger partial charge in [-0.25, -0.2) is 4.98 Å². The average Bonchev–Trinajstić information content (AvgIpc) is 2.53. The summed E-state index contributed by atoms with van der Waals surface area (Å²) in [4.78, 5) is 19.6. The first-order valence-corrected chi connectivity index (χ1v) is 8.15. The predicted molar refractivity (Wildman–Crippen MR) is 88.0 cm³/mol. The zero-order valence-electron chi connectivity index (χ0n) is 13.4. The summed E-state index contributed by atoms with van der Waals surface area (Å²) < 4.78 is 5.35. The van der Waals surface area contributed by atoms with Gasteiger partial charge in [0.15, 0.2) is 0 Å². The quantitative estimate of drug-likeness (QED) is 0.674. The summed E-state index contributed by atoms with van der Waals surface area (Å²) in [5.41, 5.74) is 0.0697. The van der Waals surface area contributed by atoms with Gasteiger partial charge in [-0.05, 0) is 18.8 Å². The second kappa shape index (κ2) is 8.08. The van der Waals surface area contributed by atoms with Crippen LogP contribution in [-0.2, 0) is 11.2 Å². The average molecular weight is 306 g/mol. The van der Waals surface area contributed by atoms with Gasteiger partial charge < -0.3 is 20.4 Å². The predicted octanol–water partition coefficient (Wildman–Crippen LogP) is 2.34. The number of nitrogens with one attached hydrogen (secondary N) is 3. The molecule has 0 unspecified atom stereocenters. The van der Waals surface area contributed by atoms with Gasteiger partial charge in [-0.1, -0.05) is 26.7 Å². The third-order valence-electron chi connectivity index (χ3n) is 4.35. The van der Waals surface area contributed by atoms with Crippen molar-refractivity contribution < 1.29 is 4.74 Å². The topological polar surface area (TPSA) is 90.9 Å². The van der Waals surface area contributed by atoms with Gasteiger partial charge in [0, 0.05) is 31.9 Å². The van der Waals surface area contributed by atoms with Crippen LogP contribution in [0.1, 0.15) is 50.9 Å². The van der Waals surface area contributed by atoms with Gasteiger partial charge in [0.05, 0.1) is 5.56 Å². The fourth-order valence-electron chi connectivity index (χ4n) is 2.76. The van der Waals surface area contributed by atoms with Crippen molar-refractivity contribution in [1.29, 1.82) is 5.41 Å². The van der Waals surface area contributed by atoms with Gasteiger partial charge in [0.25, 0.3) is 5.56 Å². The molecule has 1 aliphatic rings. The third kappa shape index (κ3) is 4.16. The van der Waals surface area contributed by atoms with Gasteiger partial charge in [-0.2, -0.15) is 0 Å². The van der Waals surface area contributed by atoms with Gasteiger partial charge >= 0.3 is 0 Å². The van der Waals surface area contributed by atoms with Crippen molar-refractivity contribution in [2.24, 2.45) is 5.92 Å². The zero-order chi connectivity index (χ0) is 15.9. The first kappa shape index (κ1) is 16.7. The van der Waals surface area contributed by atoms with Crippen molar-refractivity contribution >= 4 is 12.0 Å². The molecule has 122 valence electrons. The summed E-state index contributed by atoms with van der Waals surface area (Å²) in [7, 11) is 0. The molecule has 1 aromatic rings. The Balaban J connectivity index is 2.23. The van der Waals surface area contributed by atoms with Crippen molar-refractivity contribution in [1.82, 2.24) is 9.97 Å². The number of H-pyrrole nitrogens is 1. The van der Waals surface area contributed by atoms with E-state index in [4.69, 9.17) is 10.1 Å². The molecule has 6 nitrogen and oxygen atoms in total. The third-order valence-corrected chi connectivity index (χ3v) is 4.35. The minimum Gasteiger partial charge on any atom is -0.381 e. The molecule has 1 fully saturated rings. The highest BCUT2D eigenvalue weighted by atomic mass is 16.5. The molecular formula is C16H26N4O2. The number of nitrogens with zero attached hydrogens (tertiary/aromatic N) is 1. The van der Waals surface area contributed by atoms with E-state index in [0.717, 1.165) is 51.5 Å². The van der Waals surface area contributed by atoms with Crippen LogP contribution in [0.3, 0.4) is 0 Å². The number of aromatic amines is 1. The van der Waals surface area contributed by atoms with Gasteiger partial charge in [0.1, 0.15) is 11.6 Å². The van der Waals surface area contributed by atoms with E-state index in [9.17, 15) is 4.79 Å². The molecule has 22 heavy (non-hydrogen) atoms. The molecule has 0 atom stereocenters. The minimum absolute atomic E-state index is 0.236. The second-order valence-electron chi connectivity index (χ2n) is 5.84. The number of hydrogen-bond acceptors (Lipinski definition) is 5. The van der Waals surface area contributed by atoms with Crippen LogP contribution in [0.25, 0.3) is 0 Å². The monoisotopic (exact) mass is 306 g/mol. The number of hydrogen-bond donors (Lipinski definition) is 3. The molecule has 0 aromatic carbocycles. The molecule has 6 heteroatoms. The first-order chi connectivity index (χ1) is 10.7. The molecule has 2 heterocycles. The number of ether oxygens (including phenoxy) is 1.